The first-order valence-electron chi connectivity index (χ1n) is 17.0. The topological polar surface area (TPSA) is 112 Å². The predicted octanol–water partition coefficient (Wildman–Crippen LogP) is 8.23. The number of aromatic amines is 2. The number of amides is 1. The van der Waals surface area contributed by atoms with Crippen molar-refractivity contribution in [3.8, 4) is 0 Å². The van der Waals surface area contributed by atoms with Crippen LogP contribution in [0.15, 0.2) is 18.2 Å². The van der Waals surface area contributed by atoms with Crippen LogP contribution in [0, 0.1) is 20.8 Å². The van der Waals surface area contributed by atoms with Crippen molar-refractivity contribution in [3.05, 3.63) is 68.8 Å². The lowest BCUT2D eigenvalue weighted by Gasteiger charge is -2.17. The van der Waals surface area contributed by atoms with Crippen molar-refractivity contribution in [1.82, 2.24) is 25.3 Å². The molecule has 5 heterocycles. The summed E-state index contributed by atoms with van der Waals surface area (Å²) in [5.74, 6) is 0.434. The van der Waals surface area contributed by atoms with Crippen LogP contribution < -0.4 is 11.1 Å². The van der Waals surface area contributed by atoms with Crippen LogP contribution in [0.1, 0.15) is 129 Å². The van der Waals surface area contributed by atoms with E-state index in [0.29, 0.717) is 6.42 Å². The third-order valence-electron chi connectivity index (χ3n) is 10.0. The molecular formula is C38H52N6O. The number of allylic oxidation sites excluding steroid dienone is 1. The van der Waals surface area contributed by atoms with E-state index >= 15 is 0 Å². The molecule has 5 N–H and O–H groups in total. The second kappa shape index (κ2) is 14.2. The second-order valence-corrected chi connectivity index (χ2v) is 13.0. The van der Waals surface area contributed by atoms with E-state index in [0.717, 1.165) is 114 Å². The Labute approximate surface area is 268 Å². The Morgan fingerprint density at radius 2 is 1.49 bits per heavy atom. The van der Waals surface area contributed by atoms with Crippen LogP contribution in [0.3, 0.4) is 0 Å². The van der Waals surface area contributed by atoms with Gasteiger partial charge in [-0.3, -0.25) is 9.78 Å². The third kappa shape index (κ3) is 6.79. The Morgan fingerprint density at radius 1 is 0.844 bits per heavy atom. The number of aryl methyl sites for hydroxylation is 4. The van der Waals surface area contributed by atoms with Crippen LogP contribution in [0.4, 0.5) is 0 Å². The molecule has 0 unspecified atom stereocenters. The van der Waals surface area contributed by atoms with E-state index < -0.39 is 0 Å². The van der Waals surface area contributed by atoms with Gasteiger partial charge in [0.2, 0.25) is 5.91 Å². The van der Waals surface area contributed by atoms with Gasteiger partial charge in [0.25, 0.3) is 0 Å². The number of nitrogens with two attached hydrogens (primary N) is 1. The predicted molar refractivity (Wildman–Crippen MR) is 188 cm³/mol. The van der Waals surface area contributed by atoms with Crippen LogP contribution in [0.5, 0.6) is 0 Å². The molecule has 0 saturated carbocycles. The van der Waals surface area contributed by atoms with Crippen LogP contribution >= 0.6 is 0 Å². The minimum atomic E-state index is 0.119. The van der Waals surface area contributed by atoms with Crippen LogP contribution in [0.25, 0.3) is 33.7 Å². The maximum atomic E-state index is 12.9. The second-order valence-electron chi connectivity index (χ2n) is 13.0. The van der Waals surface area contributed by atoms with Crippen LogP contribution in [0.2, 0.25) is 0 Å². The Hall–Kier alpha value is -3.71. The van der Waals surface area contributed by atoms with Crippen molar-refractivity contribution in [2.75, 3.05) is 13.1 Å². The fraction of sp³-hybridized carbons (Fsp3) is 0.500. The zero-order chi connectivity index (χ0) is 32.2. The normalized spacial score (nSPS) is 16.2. The first-order valence-corrected chi connectivity index (χ1v) is 17.0. The molecule has 1 amide bonds. The molecule has 7 heteroatoms. The number of nitrogens with one attached hydrogen (secondary N) is 3. The zero-order valence-electron chi connectivity index (χ0n) is 28.4. The Kier molecular flexibility index (Phi) is 10.3. The molecule has 0 aliphatic carbocycles. The maximum Gasteiger partial charge on any atom is 0.220 e. The standard InChI is InChI=1S/C38H52N6O/c1-8-27-24(5)33-21-36-28(9-2)23(4)32(42-36)20-34-25(6)29(14-15-37(45)40-17-13-11-10-12-16-39)38(44-34)26(7)31-18-22(3)30(41-31)19-35(27)43-33/h18-21,25,29,42-43H,8-17,39H2,1-7H3,(H,40,45)/t25-,29-/m0/s1. The van der Waals surface area contributed by atoms with Crippen molar-refractivity contribution in [2.45, 2.75) is 112 Å². The summed E-state index contributed by atoms with van der Waals surface area (Å²) in [5.41, 5.74) is 21.6. The molecule has 2 aliphatic rings. The van der Waals surface area contributed by atoms with Gasteiger partial charge < -0.3 is 21.0 Å². The van der Waals surface area contributed by atoms with Crippen LogP contribution in [-0.2, 0) is 17.6 Å². The lowest BCUT2D eigenvalue weighted by Crippen LogP contribution is -2.24. The number of hydrogen-bond donors (Lipinski definition) is 4. The van der Waals surface area contributed by atoms with E-state index in [-0.39, 0.29) is 17.7 Å². The van der Waals surface area contributed by atoms with Crippen molar-refractivity contribution in [2.24, 2.45) is 5.73 Å². The van der Waals surface area contributed by atoms with Gasteiger partial charge in [-0.25, -0.2) is 4.98 Å². The van der Waals surface area contributed by atoms with Gasteiger partial charge in [-0.1, -0.05) is 33.6 Å². The van der Waals surface area contributed by atoms with Gasteiger partial charge in [-0.2, -0.15) is 0 Å². The number of hydrogen-bond acceptors (Lipinski definition) is 4. The third-order valence-corrected chi connectivity index (χ3v) is 10.0. The van der Waals surface area contributed by atoms with E-state index in [1.807, 2.05) is 0 Å². The molecule has 0 spiro atoms. The fourth-order valence-corrected chi connectivity index (χ4v) is 7.14. The average molecular weight is 609 g/mol. The number of aromatic nitrogens is 4. The summed E-state index contributed by atoms with van der Waals surface area (Å²) in [6.45, 7) is 16.9. The Bertz CT molecular complexity index is 1760. The van der Waals surface area contributed by atoms with E-state index in [1.54, 1.807) is 0 Å². The Morgan fingerprint density at radius 3 is 2.16 bits per heavy atom. The highest BCUT2D eigenvalue weighted by Crippen LogP contribution is 2.42. The molecule has 45 heavy (non-hydrogen) atoms. The number of rotatable bonds is 11. The maximum absolute atomic E-state index is 12.9. The summed E-state index contributed by atoms with van der Waals surface area (Å²) < 4.78 is 0. The van der Waals surface area contributed by atoms with Gasteiger partial charge in [0.1, 0.15) is 0 Å². The van der Waals surface area contributed by atoms with Gasteiger partial charge in [0, 0.05) is 58.3 Å². The quantitative estimate of drug-likeness (QED) is 0.164. The van der Waals surface area contributed by atoms with Crippen molar-refractivity contribution >= 4 is 39.6 Å². The monoisotopic (exact) mass is 608 g/mol. The number of carbonyl (C=O) groups is 1. The van der Waals surface area contributed by atoms with Gasteiger partial charge >= 0.3 is 0 Å². The molecule has 0 radical (unpaired) electrons. The largest absolute Gasteiger partial charge is 0.356 e. The van der Waals surface area contributed by atoms with Gasteiger partial charge in [-0.05, 0) is 124 Å². The first-order chi connectivity index (χ1) is 21.7. The molecule has 0 aromatic carbocycles. The number of carbonyl (C=O) groups excluding carboxylic acids is 1. The summed E-state index contributed by atoms with van der Waals surface area (Å²) in [7, 11) is 0. The summed E-state index contributed by atoms with van der Waals surface area (Å²) in [6, 6.07) is 6.71. The number of unbranched alkanes of at least 4 members (excludes halogenated alkanes) is 3. The average Bonchev–Trinajstić information content (AvgIpc) is 3.72. The number of fused-ring (bicyclic) bond motifs is 8. The lowest BCUT2D eigenvalue weighted by atomic mass is 9.85. The summed E-state index contributed by atoms with van der Waals surface area (Å²) in [5, 5.41) is 3.14. The lowest BCUT2D eigenvalue weighted by molar-refractivity contribution is -0.121. The molecule has 0 fully saturated rings. The highest BCUT2D eigenvalue weighted by atomic mass is 16.1. The van der Waals surface area contributed by atoms with E-state index in [2.05, 4.69) is 88.0 Å². The zero-order valence-corrected chi connectivity index (χ0v) is 28.4. The Balaban J connectivity index is 1.61. The summed E-state index contributed by atoms with van der Waals surface area (Å²) in [6.07, 6.45) is 9.57. The van der Waals surface area contributed by atoms with Gasteiger partial charge in [0.05, 0.1) is 11.4 Å². The molecule has 0 saturated heterocycles. The molecule has 7 nitrogen and oxygen atoms in total. The highest BCUT2D eigenvalue weighted by Gasteiger charge is 2.31. The smallest absolute Gasteiger partial charge is 0.220 e. The summed E-state index contributed by atoms with van der Waals surface area (Å²) in [4.78, 5) is 30.8. The molecule has 2 aliphatic heterocycles. The SMILES string of the molecule is CCc1c(C)c2cc3[nH]c(cc4nc(c(C)c5nc(cc1[nH]2)C(C)=C5)[C@@H](CCC(=O)NCCCCCCN)[C@@H]4C)c(C)c3CC. The van der Waals surface area contributed by atoms with E-state index in [1.165, 1.54) is 22.3 Å². The summed E-state index contributed by atoms with van der Waals surface area (Å²) >= 11 is 0. The molecule has 240 valence electrons. The van der Waals surface area contributed by atoms with Gasteiger partial charge in [0.15, 0.2) is 0 Å². The van der Waals surface area contributed by atoms with E-state index in [4.69, 9.17) is 15.7 Å². The van der Waals surface area contributed by atoms with Gasteiger partial charge in [-0.15, -0.1) is 0 Å². The molecule has 2 atom stereocenters. The van der Waals surface area contributed by atoms with E-state index in [9.17, 15) is 4.79 Å². The molecular weight excluding hydrogens is 556 g/mol. The minimum absolute atomic E-state index is 0.119. The fourth-order valence-electron chi connectivity index (χ4n) is 7.14. The highest BCUT2D eigenvalue weighted by molar-refractivity contribution is 5.85. The number of H-pyrrole nitrogens is 2. The minimum Gasteiger partial charge on any atom is -0.356 e. The van der Waals surface area contributed by atoms with Crippen molar-refractivity contribution in [3.63, 3.8) is 0 Å². The van der Waals surface area contributed by atoms with Crippen molar-refractivity contribution < 1.29 is 4.79 Å². The molecule has 5 rings (SSSR count). The first kappa shape index (κ1) is 32.7. The molecule has 3 aromatic rings. The van der Waals surface area contributed by atoms with Crippen molar-refractivity contribution in [1.29, 1.82) is 0 Å². The van der Waals surface area contributed by atoms with Crippen LogP contribution in [-0.4, -0.2) is 38.9 Å². The molecule has 3 aromatic heterocycles. The molecule has 8 bridgehead atoms. The number of nitrogens with zero attached hydrogens (tertiary/aromatic N) is 2.